The number of fused-ring (bicyclic) bond motifs is 2. The fourth-order valence-corrected chi connectivity index (χ4v) is 4.30. The van der Waals surface area contributed by atoms with Gasteiger partial charge in [-0.3, -0.25) is 4.79 Å². The summed E-state index contributed by atoms with van der Waals surface area (Å²) in [5.74, 6) is 0.835. The van der Waals surface area contributed by atoms with Crippen LogP contribution in [0.1, 0.15) is 84.0 Å². The zero-order chi connectivity index (χ0) is 14.4. The summed E-state index contributed by atoms with van der Waals surface area (Å²) in [6, 6.07) is 0. The standard InChI is InChI=1S/C18H32O2/c1-2-3-4-5-6-8-11-14-15-12-9-7-10-13-16(17(14)19)18(15)20/h14-17,19H,2-13H2,1H3. The van der Waals surface area contributed by atoms with E-state index in [9.17, 15) is 9.90 Å². The summed E-state index contributed by atoms with van der Waals surface area (Å²) in [5, 5.41) is 10.5. The molecule has 1 N–H and O–H groups in total. The lowest BCUT2D eigenvalue weighted by molar-refractivity contribution is -0.125. The SMILES string of the molecule is CCCCCCCCC1C2CCCCCC(C2=O)C1O. The van der Waals surface area contributed by atoms with Crippen molar-refractivity contribution in [3.8, 4) is 0 Å². The van der Waals surface area contributed by atoms with Crippen molar-refractivity contribution in [3.63, 3.8) is 0 Å². The summed E-state index contributed by atoms with van der Waals surface area (Å²) in [7, 11) is 0. The Kier molecular flexibility index (Phi) is 6.54. The Morgan fingerprint density at radius 2 is 1.60 bits per heavy atom. The van der Waals surface area contributed by atoms with Gasteiger partial charge in [-0.2, -0.15) is 0 Å². The van der Waals surface area contributed by atoms with Crippen LogP contribution < -0.4 is 0 Å². The van der Waals surface area contributed by atoms with Crippen LogP contribution in [0, 0.1) is 17.8 Å². The van der Waals surface area contributed by atoms with Gasteiger partial charge in [-0.1, -0.05) is 64.7 Å². The van der Waals surface area contributed by atoms with E-state index >= 15 is 0 Å². The van der Waals surface area contributed by atoms with Crippen LogP contribution in [0.25, 0.3) is 0 Å². The molecule has 2 nitrogen and oxygen atoms in total. The largest absolute Gasteiger partial charge is 0.392 e. The van der Waals surface area contributed by atoms with Gasteiger partial charge in [0.2, 0.25) is 0 Å². The van der Waals surface area contributed by atoms with Crippen LogP contribution in [0.3, 0.4) is 0 Å². The third kappa shape index (κ3) is 3.84. The maximum absolute atomic E-state index is 12.4. The summed E-state index contributed by atoms with van der Waals surface area (Å²) >= 11 is 0. The van der Waals surface area contributed by atoms with E-state index in [1.54, 1.807) is 0 Å². The molecule has 2 fully saturated rings. The summed E-state index contributed by atoms with van der Waals surface area (Å²) in [5.41, 5.74) is 0. The Morgan fingerprint density at radius 3 is 2.35 bits per heavy atom. The number of ketones is 1. The molecule has 2 heteroatoms. The average Bonchev–Trinajstić information content (AvgIpc) is 2.69. The second-order valence-electron chi connectivity index (χ2n) is 6.96. The smallest absolute Gasteiger partial charge is 0.142 e. The highest BCUT2D eigenvalue weighted by atomic mass is 16.3. The molecule has 2 saturated carbocycles. The number of Topliss-reactive ketones (excluding diaryl/α,β-unsaturated/α-hetero) is 1. The van der Waals surface area contributed by atoms with E-state index in [4.69, 9.17) is 0 Å². The zero-order valence-corrected chi connectivity index (χ0v) is 13.2. The van der Waals surface area contributed by atoms with Crippen LogP contribution in [-0.2, 0) is 4.79 Å². The summed E-state index contributed by atoms with van der Waals surface area (Å²) in [6.07, 6.45) is 14.0. The van der Waals surface area contributed by atoms with Gasteiger partial charge >= 0.3 is 0 Å². The second kappa shape index (κ2) is 8.17. The third-order valence-electron chi connectivity index (χ3n) is 5.52. The highest BCUT2D eigenvalue weighted by Crippen LogP contribution is 2.43. The van der Waals surface area contributed by atoms with E-state index in [0.29, 0.717) is 5.78 Å². The number of hydrogen-bond acceptors (Lipinski definition) is 2. The maximum atomic E-state index is 12.4. The van der Waals surface area contributed by atoms with Crippen molar-refractivity contribution in [2.75, 3.05) is 0 Å². The van der Waals surface area contributed by atoms with Crippen molar-refractivity contribution in [2.45, 2.75) is 90.1 Å². The number of hydrogen-bond donors (Lipinski definition) is 1. The van der Waals surface area contributed by atoms with Crippen LogP contribution in [0.4, 0.5) is 0 Å². The van der Waals surface area contributed by atoms with Gasteiger partial charge in [0.15, 0.2) is 0 Å². The lowest BCUT2D eigenvalue weighted by Gasteiger charge is -2.20. The molecule has 0 amide bonds. The lowest BCUT2D eigenvalue weighted by Crippen LogP contribution is -2.23. The molecule has 20 heavy (non-hydrogen) atoms. The maximum Gasteiger partial charge on any atom is 0.142 e. The van der Waals surface area contributed by atoms with Gasteiger partial charge in [0.25, 0.3) is 0 Å². The van der Waals surface area contributed by atoms with E-state index < -0.39 is 0 Å². The number of carbonyl (C=O) groups excluding carboxylic acids is 1. The number of carbonyl (C=O) groups is 1. The predicted octanol–water partition coefficient (Wildman–Crippen LogP) is 4.49. The Labute approximate surface area is 124 Å². The van der Waals surface area contributed by atoms with Gasteiger partial charge in [-0.25, -0.2) is 0 Å². The molecular weight excluding hydrogens is 248 g/mol. The van der Waals surface area contributed by atoms with Gasteiger partial charge in [0.05, 0.1) is 6.10 Å². The Morgan fingerprint density at radius 1 is 0.950 bits per heavy atom. The first-order chi connectivity index (χ1) is 9.75. The molecule has 0 radical (unpaired) electrons. The molecule has 4 unspecified atom stereocenters. The molecule has 2 bridgehead atoms. The second-order valence-corrected chi connectivity index (χ2v) is 6.96. The molecule has 0 aromatic carbocycles. The van der Waals surface area contributed by atoms with Crippen molar-refractivity contribution in [1.29, 1.82) is 0 Å². The van der Waals surface area contributed by atoms with Gasteiger partial charge in [-0.15, -0.1) is 0 Å². The first-order valence-corrected chi connectivity index (χ1v) is 8.97. The first-order valence-electron chi connectivity index (χ1n) is 8.97. The Balaban J connectivity index is 1.79. The normalized spacial score (nSPS) is 34.0. The summed E-state index contributed by atoms with van der Waals surface area (Å²) in [4.78, 5) is 12.4. The van der Waals surface area contributed by atoms with Crippen LogP contribution in [-0.4, -0.2) is 17.0 Å². The fourth-order valence-electron chi connectivity index (χ4n) is 4.30. The molecule has 0 aromatic heterocycles. The van der Waals surface area contributed by atoms with Crippen molar-refractivity contribution >= 4 is 5.78 Å². The van der Waals surface area contributed by atoms with Crippen LogP contribution >= 0.6 is 0 Å². The first kappa shape index (κ1) is 16.0. The molecule has 0 heterocycles. The third-order valence-corrected chi connectivity index (χ3v) is 5.52. The molecule has 2 rings (SSSR count). The van der Waals surface area contributed by atoms with Crippen LogP contribution in [0.15, 0.2) is 0 Å². The average molecular weight is 280 g/mol. The van der Waals surface area contributed by atoms with Gasteiger partial charge in [-0.05, 0) is 25.2 Å². The number of rotatable bonds is 7. The Bertz CT molecular complexity index is 300. The highest BCUT2D eigenvalue weighted by molar-refractivity contribution is 5.86. The minimum Gasteiger partial charge on any atom is -0.392 e. The zero-order valence-electron chi connectivity index (χ0n) is 13.2. The minimum absolute atomic E-state index is 0.0228. The molecule has 0 aromatic rings. The van der Waals surface area contributed by atoms with Crippen LogP contribution in [0.5, 0.6) is 0 Å². The van der Waals surface area contributed by atoms with Crippen LogP contribution in [0.2, 0.25) is 0 Å². The Hall–Kier alpha value is -0.370. The van der Waals surface area contributed by atoms with Crippen molar-refractivity contribution in [2.24, 2.45) is 17.8 Å². The molecule has 2 aliphatic carbocycles. The van der Waals surface area contributed by atoms with Crippen molar-refractivity contribution < 1.29 is 9.90 Å². The van der Waals surface area contributed by atoms with Gasteiger partial charge in [0, 0.05) is 11.8 Å². The quantitative estimate of drug-likeness (QED) is 0.697. The molecular formula is C18H32O2. The molecule has 0 saturated heterocycles. The van der Waals surface area contributed by atoms with Gasteiger partial charge < -0.3 is 5.11 Å². The highest BCUT2D eigenvalue weighted by Gasteiger charge is 2.48. The van der Waals surface area contributed by atoms with Gasteiger partial charge in [0.1, 0.15) is 5.78 Å². The summed E-state index contributed by atoms with van der Waals surface area (Å²) in [6.45, 7) is 2.24. The van der Waals surface area contributed by atoms with E-state index in [2.05, 4.69) is 6.92 Å². The van der Waals surface area contributed by atoms with E-state index in [0.717, 1.165) is 25.7 Å². The monoisotopic (exact) mass is 280 g/mol. The summed E-state index contributed by atoms with van der Waals surface area (Å²) < 4.78 is 0. The van der Waals surface area contributed by atoms with E-state index in [-0.39, 0.29) is 23.9 Å². The number of aliphatic hydroxyl groups excluding tert-OH is 1. The van der Waals surface area contributed by atoms with E-state index in [1.165, 1.54) is 51.4 Å². The molecule has 4 atom stereocenters. The molecule has 0 aliphatic heterocycles. The molecule has 116 valence electrons. The number of aliphatic hydroxyl groups is 1. The molecule has 0 spiro atoms. The fraction of sp³-hybridized carbons (Fsp3) is 0.944. The molecule has 2 aliphatic rings. The lowest BCUT2D eigenvalue weighted by atomic mass is 9.85. The minimum atomic E-state index is -0.332. The topological polar surface area (TPSA) is 37.3 Å². The van der Waals surface area contributed by atoms with E-state index in [1.807, 2.05) is 0 Å². The number of unbranched alkanes of at least 4 members (excludes halogenated alkanes) is 5. The predicted molar refractivity (Wildman–Crippen MR) is 82.6 cm³/mol. The van der Waals surface area contributed by atoms with Crippen molar-refractivity contribution in [1.82, 2.24) is 0 Å². The van der Waals surface area contributed by atoms with Crippen molar-refractivity contribution in [3.05, 3.63) is 0 Å².